The lowest BCUT2D eigenvalue weighted by molar-refractivity contribution is 0.674. The van der Waals surface area contributed by atoms with Crippen molar-refractivity contribution < 1.29 is 8.42 Å². The predicted molar refractivity (Wildman–Crippen MR) is 43.8 cm³/mol. The van der Waals surface area contributed by atoms with Crippen LogP contribution in [-0.4, -0.2) is 26.7 Å². The molecule has 0 bridgehead atoms. The fraction of sp³-hybridized carbons (Fsp3) is 1.00. The lowest BCUT2D eigenvalue weighted by Gasteiger charge is -1.96. The zero-order valence-corrected chi connectivity index (χ0v) is 7.92. The molecule has 0 saturated heterocycles. The first-order valence-electron chi connectivity index (χ1n) is 2.71. The van der Waals surface area contributed by atoms with Crippen molar-refractivity contribution in [3.63, 3.8) is 0 Å². The number of rotatable bonds is 2. The average molecular weight is 184 g/mol. The van der Waals surface area contributed by atoms with Crippen LogP contribution >= 0.6 is 0 Å². The summed E-state index contributed by atoms with van der Waals surface area (Å²) in [4.78, 5) is 0. The maximum Gasteiger partial charge on any atom is 0.155 e. The Morgan fingerprint density at radius 3 is 1.90 bits per heavy atom. The van der Waals surface area contributed by atoms with E-state index in [0.29, 0.717) is 0 Å². The number of nitrogens with zero attached hydrogens (tertiary/aromatic N) is 1. The molecular formula is C4H12N2O2S2. The third-order valence-corrected chi connectivity index (χ3v) is 3.87. The third kappa shape index (κ3) is 4.75. The molecular weight excluding hydrogens is 172 g/mol. The van der Waals surface area contributed by atoms with Crippen LogP contribution in [0.5, 0.6) is 0 Å². The van der Waals surface area contributed by atoms with Crippen LogP contribution in [-0.2, 0) is 19.6 Å². The number of hydrogen-bond donors (Lipinski definition) is 1. The van der Waals surface area contributed by atoms with Crippen LogP contribution in [0.25, 0.3) is 0 Å². The molecule has 0 fully saturated rings. The highest BCUT2D eigenvalue weighted by molar-refractivity contribution is 8.02. The minimum absolute atomic E-state index is 0.131. The Kier molecular flexibility index (Phi) is 2.85. The molecule has 0 radical (unpaired) electrons. The van der Waals surface area contributed by atoms with Crippen molar-refractivity contribution in [2.24, 2.45) is 3.77 Å². The molecule has 6 heteroatoms. The molecule has 0 aromatic carbocycles. The zero-order chi connectivity index (χ0) is 8.41. The number of hydrogen-bond acceptors (Lipinski definition) is 3. The summed E-state index contributed by atoms with van der Waals surface area (Å²) in [6.45, 7) is 1.59. The Hall–Kier alpha value is -0.100. The maximum atomic E-state index is 10.9. The molecule has 1 atom stereocenters. The monoisotopic (exact) mass is 184 g/mol. The molecule has 1 unspecified atom stereocenters. The topological polar surface area (TPSA) is 70.3 Å². The Morgan fingerprint density at radius 1 is 1.40 bits per heavy atom. The molecule has 4 nitrogen and oxygen atoms in total. The lowest BCUT2D eigenvalue weighted by Crippen LogP contribution is -2.01. The van der Waals surface area contributed by atoms with Crippen molar-refractivity contribution in [1.82, 2.24) is 0 Å². The van der Waals surface area contributed by atoms with Crippen LogP contribution in [0.1, 0.15) is 6.92 Å². The van der Waals surface area contributed by atoms with Gasteiger partial charge in [-0.05, 0) is 0 Å². The molecule has 0 amide bonds. The lowest BCUT2D eigenvalue weighted by atomic mass is 11.0. The molecule has 0 aliphatic rings. The second-order valence-corrected chi connectivity index (χ2v) is 7.00. The Balaban J connectivity index is 4.97. The molecule has 1 N–H and O–H groups in total. The summed E-state index contributed by atoms with van der Waals surface area (Å²) < 4.78 is 32.2. The quantitative estimate of drug-likeness (QED) is 0.686. The van der Waals surface area contributed by atoms with Crippen LogP contribution < -0.4 is 0 Å². The SMILES string of the molecule is CCS(=N)(=O)N=S(C)(C)=O. The largest absolute Gasteiger partial charge is 0.249 e. The minimum Gasteiger partial charge on any atom is -0.249 e. The molecule has 10 heavy (non-hydrogen) atoms. The van der Waals surface area contributed by atoms with E-state index in [4.69, 9.17) is 4.78 Å². The highest BCUT2D eigenvalue weighted by atomic mass is 32.3. The summed E-state index contributed by atoms with van der Waals surface area (Å²) in [7, 11) is -5.31. The van der Waals surface area contributed by atoms with E-state index in [1.54, 1.807) is 6.92 Å². The van der Waals surface area contributed by atoms with E-state index in [9.17, 15) is 8.42 Å². The maximum absolute atomic E-state index is 10.9. The summed E-state index contributed by atoms with van der Waals surface area (Å²) in [5, 5.41) is 0. The molecule has 0 aliphatic heterocycles. The first-order chi connectivity index (χ1) is 4.27. The van der Waals surface area contributed by atoms with E-state index in [0.717, 1.165) is 0 Å². The van der Waals surface area contributed by atoms with Crippen molar-refractivity contribution >= 4 is 19.6 Å². The van der Waals surface area contributed by atoms with E-state index in [2.05, 4.69) is 3.77 Å². The van der Waals surface area contributed by atoms with Gasteiger partial charge in [-0.25, -0.2) is 13.2 Å². The van der Waals surface area contributed by atoms with Gasteiger partial charge in [0.2, 0.25) is 0 Å². The first kappa shape index (κ1) is 9.90. The van der Waals surface area contributed by atoms with Crippen molar-refractivity contribution in [2.45, 2.75) is 6.92 Å². The van der Waals surface area contributed by atoms with Crippen molar-refractivity contribution in [3.05, 3.63) is 0 Å². The van der Waals surface area contributed by atoms with E-state index >= 15 is 0 Å². The van der Waals surface area contributed by atoms with Crippen molar-refractivity contribution in [3.8, 4) is 0 Å². The van der Waals surface area contributed by atoms with Crippen LogP contribution in [0.15, 0.2) is 3.77 Å². The summed E-state index contributed by atoms with van der Waals surface area (Å²) in [5.41, 5.74) is 0. The molecule has 0 spiro atoms. The summed E-state index contributed by atoms with van der Waals surface area (Å²) in [5.74, 6) is 0.131. The van der Waals surface area contributed by atoms with Gasteiger partial charge in [0.25, 0.3) is 0 Å². The Labute approximate surface area is 62.3 Å². The highest BCUT2D eigenvalue weighted by Crippen LogP contribution is 1.96. The van der Waals surface area contributed by atoms with E-state index in [-0.39, 0.29) is 5.75 Å². The molecule has 0 heterocycles. The Morgan fingerprint density at radius 2 is 1.80 bits per heavy atom. The van der Waals surface area contributed by atoms with Gasteiger partial charge in [-0.15, -0.1) is 3.77 Å². The average Bonchev–Trinajstić information content (AvgIpc) is 1.60. The van der Waals surface area contributed by atoms with Gasteiger partial charge in [0.15, 0.2) is 9.92 Å². The van der Waals surface area contributed by atoms with Crippen molar-refractivity contribution in [1.29, 1.82) is 4.78 Å². The molecule has 0 aliphatic carbocycles. The van der Waals surface area contributed by atoms with Gasteiger partial charge in [0, 0.05) is 18.3 Å². The van der Waals surface area contributed by atoms with Gasteiger partial charge in [0.05, 0.1) is 9.73 Å². The second kappa shape index (κ2) is 2.87. The normalized spacial score (nSPS) is 17.9. The molecule has 0 aromatic heterocycles. The van der Waals surface area contributed by atoms with Gasteiger partial charge >= 0.3 is 0 Å². The van der Waals surface area contributed by atoms with Gasteiger partial charge in [-0.3, -0.25) is 0 Å². The Bertz CT molecular complexity index is 300. The smallest absolute Gasteiger partial charge is 0.155 e. The fourth-order valence-corrected chi connectivity index (χ4v) is 3.08. The molecule has 62 valence electrons. The van der Waals surface area contributed by atoms with Crippen molar-refractivity contribution in [2.75, 3.05) is 18.3 Å². The summed E-state index contributed by atoms with van der Waals surface area (Å²) in [6.07, 6.45) is 2.74. The van der Waals surface area contributed by atoms with Gasteiger partial charge in [-0.1, -0.05) is 6.92 Å². The van der Waals surface area contributed by atoms with Crippen LogP contribution in [0, 0.1) is 4.78 Å². The molecule has 0 saturated carbocycles. The zero-order valence-electron chi connectivity index (χ0n) is 6.29. The van der Waals surface area contributed by atoms with E-state index in [1.807, 2.05) is 0 Å². The van der Waals surface area contributed by atoms with Crippen LogP contribution in [0.2, 0.25) is 0 Å². The predicted octanol–water partition coefficient (Wildman–Crippen LogP) is 0.696. The standard InChI is InChI=1S/C4H12N2O2S2/c1-4-10(5,8)6-9(2,3)7/h5H,4H2,1-3H3. The van der Waals surface area contributed by atoms with Gasteiger partial charge in [0.1, 0.15) is 0 Å². The fourth-order valence-electron chi connectivity index (χ4n) is 0.343. The van der Waals surface area contributed by atoms with Gasteiger partial charge < -0.3 is 0 Å². The highest BCUT2D eigenvalue weighted by Gasteiger charge is 2.00. The molecule has 0 rings (SSSR count). The van der Waals surface area contributed by atoms with Gasteiger partial charge in [-0.2, -0.15) is 0 Å². The summed E-state index contributed by atoms with van der Waals surface area (Å²) in [6, 6.07) is 0. The van der Waals surface area contributed by atoms with Crippen LogP contribution in [0.4, 0.5) is 0 Å². The van der Waals surface area contributed by atoms with Crippen LogP contribution in [0.3, 0.4) is 0 Å². The minimum atomic E-state index is -2.93. The first-order valence-corrected chi connectivity index (χ1v) is 6.73. The van der Waals surface area contributed by atoms with E-state index < -0.39 is 19.6 Å². The van der Waals surface area contributed by atoms with E-state index in [1.165, 1.54) is 12.5 Å². The molecule has 0 aromatic rings. The number of nitrogens with one attached hydrogen (secondary N) is 1. The third-order valence-electron chi connectivity index (χ3n) is 0.691. The second-order valence-electron chi connectivity index (χ2n) is 2.18. The summed E-state index contributed by atoms with van der Waals surface area (Å²) >= 11 is 0.